The first-order chi connectivity index (χ1) is 22.4. The summed E-state index contributed by atoms with van der Waals surface area (Å²) in [6, 6.07) is -1.39. The molecule has 0 spiro atoms. The first-order valence-electron chi connectivity index (χ1n) is 18.5. The number of unbranched alkanes of at least 4 members (excludes halogenated alkanes) is 5. The Kier molecular flexibility index (Phi) is 27.6. The highest BCUT2D eigenvalue weighted by Crippen LogP contribution is 2.12. The number of hydrogen-bond donors (Lipinski definition) is 4. The zero-order valence-electron chi connectivity index (χ0n) is 31.0. The molecule has 4 N–H and O–H groups in total. The molecule has 0 fully saturated rings. The maximum atomic E-state index is 13.5. The summed E-state index contributed by atoms with van der Waals surface area (Å²) in [5.41, 5.74) is 0. The summed E-state index contributed by atoms with van der Waals surface area (Å²) >= 11 is 1.78. The van der Waals surface area contributed by atoms with Gasteiger partial charge in [0.05, 0.1) is 6.04 Å². The van der Waals surface area contributed by atoms with Gasteiger partial charge in [0.2, 0.25) is 23.6 Å². The summed E-state index contributed by atoms with van der Waals surface area (Å²) in [7, 11) is 0. The number of nitrogens with one attached hydrogen (secondary N) is 4. The predicted molar refractivity (Wildman–Crippen MR) is 196 cm³/mol. The van der Waals surface area contributed by atoms with E-state index >= 15 is 0 Å². The van der Waals surface area contributed by atoms with E-state index in [1.165, 1.54) is 0 Å². The molecule has 0 aliphatic carbocycles. The highest BCUT2D eigenvalue weighted by atomic mass is 32.2. The summed E-state index contributed by atoms with van der Waals surface area (Å²) in [5.74, 6) is 1.62. The van der Waals surface area contributed by atoms with Gasteiger partial charge in [0.1, 0.15) is 6.04 Å². The second-order valence-corrected chi connectivity index (χ2v) is 15.1. The average molecular weight is 683 g/mol. The van der Waals surface area contributed by atoms with Crippen molar-refractivity contribution in [1.29, 1.82) is 0 Å². The molecule has 0 saturated carbocycles. The van der Waals surface area contributed by atoms with Gasteiger partial charge in [0.25, 0.3) is 0 Å². The van der Waals surface area contributed by atoms with Crippen LogP contribution in [0.2, 0.25) is 0 Å². The molecule has 10 heteroatoms. The van der Waals surface area contributed by atoms with Crippen LogP contribution in [0.1, 0.15) is 151 Å². The number of thioether (sulfide) groups is 1. The zero-order chi connectivity index (χ0) is 35.5. The van der Waals surface area contributed by atoms with E-state index in [9.17, 15) is 24.0 Å². The van der Waals surface area contributed by atoms with Crippen molar-refractivity contribution in [2.75, 3.05) is 25.1 Å². The maximum Gasteiger partial charge on any atom is 0.243 e. The Bertz CT molecular complexity index is 881. The van der Waals surface area contributed by atoms with Gasteiger partial charge < -0.3 is 21.3 Å². The molecule has 0 aromatic heterocycles. The molecule has 0 rings (SSSR count). The van der Waals surface area contributed by atoms with Crippen LogP contribution in [0.25, 0.3) is 0 Å². The quantitative estimate of drug-likeness (QED) is 0.0622. The van der Waals surface area contributed by atoms with Gasteiger partial charge in [-0.15, -0.1) is 0 Å². The Morgan fingerprint density at radius 3 is 1.43 bits per heavy atom. The van der Waals surface area contributed by atoms with E-state index in [1.807, 2.05) is 13.8 Å². The van der Waals surface area contributed by atoms with Gasteiger partial charge in [0, 0.05) is 38.3 Å². The van der Waals surface area contributed by atoms with Gasteiger partial charge in [-0.25, -0.2) is 0 Å². The second-order valence-electron chi connectivity index (χ2n) is 14.2. The third-order valence-corrected chi connectivity index (χ3v) is 8.93. The minimum Gasteiger partial charge on any atom is -0.356 e. The van der Waals surface area contributed by atoms with Crippen LogP contribution >= 0.6 is 11.8 Å². The Hall–Kier alpha value is -2.10. The highest BCUT2D eigenvalue weighted by molar-refractivity contribution is 7.98. The lowest BCUT2D eigenvalue weighted by molar-refractivity contribution is -0.132. The fourth-order valence-corrected chi connectivity index (χ4v) is 5.78. The van der Waals surface area contributed by atoms with Gasteiger partial charge in [-0.05, 0) is 88.1 Å². The first kappa shape index (κ1) is 44.9. The normalized spacial score (nSPS) is 12.6. The molecule has 0 heterocycles. The smallest absolute Gasteiger partial charge is 0.243 e. The zero-order valence-corrected chi connectivity index (χ0v) is 31.8. The number of Topliss-reactive ketones (excluding diaryl/α,β-unsaturated/α-hetero) is 1. The number of ketones is 1. The third-order valence-electron chi connectivity index (χ3n) is 8.24. The van der Waals surface area contributed by atoms with Crippen molar-refractivity contribution in [2.24, 2.45) is 17.8 Å². The van der Waals surface area contributed by atoms with Crippen LogP contribution < -0.4 is 21.3 Å². The van der Waals surface area contributed by atoms with E-state index in [0.717, 1.165) is 57.1 Å². The van der Waals surface area contributed by atoms with Gasteiger partial charge >= 0.3 is 0 Å². The summed E-state index contributed by atoms with van der Waals surface area (Å²) in [5, 5.41) is 11.8. The van der Waals surface area contributed by atoms with Gasteiger partial charge in [-0.2, -0.15) is 11.8 Å². The van der Waals surface area contributed by atoms with Crippen molar-refractivity contribution in [2.45, 2.75) is 163 Å². The van der Waals surface area contributed by atoms with E-state index in [0.29, 0.717) is 82.7 Å². The first-order valence-corrected chi connectivity index (χ1v) is 19.9. The van der Waals surface area contributed by atoms with Crippen molar-refractivity contribution in [3.8, 4) is 0 Å². The molecular formula is C37H70N4O5S. The van der Waals surface area contributed by atoms with Gasteiger partial charge in [-0.1, -0.05) is 67.2 Å². The van der Waals surface area contributed by atoms with E-state index in [4.69, 9.17) is 0 Å². The lowest BCUT2D eigenvalue weighted by Crippen LogP contribution is -2.52. The number of carbonyl (C=O) groups is 5. The number of rotatable bonds is 30. The molecule has 0 bridgehead atoms. The topological polar surface area (TPSA) is 133 Å². The highest BCUT2D eigenvalue weighted by Gasteiger charge is 2.27. The van der Waals surface area contributed by atoms with E-state index in [-0.39, 0.29) is 35.3 Å². The predicted octanol–water partition coefficient (Wildman–Crippen LogP) is 6.72. The van der Waals surface area contributed by atoms with Crippen molar-refractivity contribution in [3.05, 3.63) is 0 Å². The molecule has 47 heavy (non-hydrogen) atoms. The van der Waals surface area contributed by atoms with Crippen LogP contribution in [0.5, 0.6) is 0 Å². The van der Waals surface area contributed by atoms with Crippen LogP contribution in [-0.2, 0) is 24.0 Å². The Balaban J connectivity index is 5.03. The molecule has 0 aliphatic rings. The molecule has 2 atom stereocenters. The minimum absolute atomic E-state index is 0.0361. The molecule has 0 aliphatic heterocycles. The fourth-order valence-electron chi connectivity index (χ4n) is 5.28. The van der Waals surface area contributed by atoms with Crippen LogP contribution in [0, 0.1) is 17.8 Å². The molecule has 2 unspecified atom stereocenters. The van der Waals surface area contributed by atoms with Crippen LogP contribution in [0.15, 0.2) is 0 Å². The summed E-state index contributed by atoms with van der Waals surface area (Å²) < 4.78 is 0. The molecular weight excluding hydrogens is 612 g/mol. The summed E-state index contributed by atoms with van der Waals surface area (Å²) in [6.45, 7) is 13.4. The minimum atomic E-state index is -0.743. The van der Waals surface area contributed by atoms with Crippen molar-refractivity contribution in [1.82, 2.24) is 21.3 Å². The number of hydrogen-bond acceptors (Lipinski definition) is 6. The second kappa shape index (κ2) is 28.9. The lowest BCUT2D eigenvalue weighted by atomic mass is 9.96. The maximum absolute atomic E-state index is 13.5. The SMILES string of the molecule is CSCCCCC(=O)NCCCCC(NC(=O)C(CCCCNC(=O)CCCCC(C)C)NC(=O)CCCCC(C)C)C(=O)C(C)C. The van der Waals surface area contributed by atoms with Crippen molar-refractivity contribution >= 4 is 41.2 Å². The van der Waals surface area contributed by atoms with Crippen LogP contribution in [0.4, 0.5) is 0 Å². The molecule has 274 valence electrons. The average Bonchev–Trinajstić information content (AvgIpc) is 3.01. The van der Waals surface area contributed by atoms with E-state index < -0.39 is 12.1 Å². The van der Waals surface area contributed by atoms with Gasteiger partial charge in [-0.3, -0.25) is 24.0 Å². The Morgan fingerprint density at radius 2 is 0.957 bits per heavy atom. The summed E-state index contributed by atoms with van der Waals surface area (Å²) in [6.07, 6.45) is 14.9. The monoisotopic (exact) mass is 683 g/mol. The largest absolute Gasteiger partial charge is 0.356 e. The third kappa shape index (κ3) is 26.5. The molecule has 9 nitrogen and oxygen atoms in total. The number of amides is 4. The Labute approximate surface area is 291 Å². The van der Waals surface area contributed by atoms with Crippen molar-refractivity contribution < 1.29 is 24.0 Å². The fraction of sp³-hybridized carbons (Fsp3) is 0.865. The van der Waals surface area contributed by atoms with E-state index in [2.05, 4.69) is 55.2 Å². The van der Waals surface area contributed by atoms with E-state index in [1.54, 1.807) is 11.8 Å². The van der Waals surface area contributed by atoms with Crippen molar-refractivity contribution in [3.63, 3.8) is 0 Å². The standard InChI is InChI=1S/C37H70N4O5S/c1-28(2)18-8-10-22-33(42)38-26-16-13-21-32(40-35(44)24-11-9-19-29(3)4)37(46)41-31(36(45)30(5)6)20-12-15-25-39-34(43)23-14-17-27-47-7/h28-32H,8-27H2,1-7H3,(H,38,42)(H,39,43)(H,40,44)(H,41,46). The lowest BCUT2D eigenvalue weighted by Gasteiger charge is -2.24. The van der Waals surface area contributed by atoms with Gasteiger partial charge in [0.15, 0.2) is 5.78 Å². The van der Waals surface area contributed by atoms with Crippen LogP contribution in [-0.4, -0.2) is 66.6 Å². The molecule has 0 saturated heterocycles. The van der Waals surface area contributed by atoms with Crippen LogP contribution in [0.3, 0.4) is 0 Å². The molecule has 0 radical (unpaired) electrons. The Morgan fingerprint density at radius 1 is 0.511 bits per heavy atom. The number of carbonyl (C=O) groups excluding carboxylic acids is 5. The molecule has 0 aromatic rings. The summed E-state index contributed by atoms with van der Waals surface area (Å²) in [4.78, 5) is 63.7. The molecule has 0 aromatic carbocycles. The molecule has 4 amide bonds.